The third-order valence-corrected chi connectivity index (χ3v) is 3.19. The number of aryl methyl sites for hydroxylation is 1. The molecule has 1 aromatic rings. The molecule has 3 heteroatoms. The zero-order chi connectivity index (χ0) is 11.1. The second-order valence-corrected chi connectivity index (χ2v) is 5.28. The van der Waals surface area contributed by atoms with Crippen molar-refractivity contribution in [3.8, 4) is 0 Å². The highest BCUT2D eigenvalue weighted by Crippen LogP contribution is 2.34. The SMILES string of the molecule is CC(C)c1nn(C)cc1CNC1(C)CC1. The van der Waals surface area contributed by atoms with E-state index in [4.69, 9.17) is 0 Å². The van der Waals surface area contributed by atoms with Crippen molar-refractivity contribution >= 4 is 0 Å². The lowest BCUT2D eigenvalue weighted by Crippen LogP contribution is -2.27. The van der Waals surface area contributed by atoms with Gasteiger partial charge in [-0.1, -0.05) is 13.8 Å². The van der Waals surface area contributed by atoms with E-state index in [1.807, 2.05) is 11.7 Å². The van der Waals surface area contributed by atoms with Crippen LogP contribution in [-0.2, 0) is 13.6 Å². The smallest absolute Gasteiger partial charge is 0.0694 e. The molecule has 0 atom stereocenters. The van der Waals surface area contributed by atoms with E-state index in [9.17, 15) is 0 Å². The van der Waals surface area contributed by atoms with Gasteiger partial charge in [0.2, 0.25) is 0 Å². The zero-order valence-electron chi connectivity index (χ0n) is 10.2. The maximum atomic E-state index is 4.51. The maximum Gasteiger partial charge on any atom is 0.0694 e. The molecule has 15 heavy (non-hydrogen) atoms. The van der Waals surface area contributed by atoms with Crippen LogP contribution in [0.4, 0.5) is 0 Å². The lowest BCUT2D eigenvalue weighted by molar-refractivity contribution is 0.534. The highest BCUT2D eigenvalue weighted by molar-refractivity contribution is 5.20. The molecule has 1 heterocycles. The van der Waals surface area contributed by atoms with Gasteiger partial charge in [0.1, 0.15) is 0 Å². The molecule has 1 aromatic heterocycles. The van der Waals surface area contributed by atoms with Gasteiger partial charge in [-0.3, -0.25) is 4.68 Å². The fourth-order valence-electron chi connectivity index (χ4n) is 1.85. The normalized spacial score (nSPS) is 18.5. The van der Waals surface area contributed by atoms with Gasteiger partial charge in [0.15, 0.2) is 0 Å². The van der Waals surface area contributed by atoms with E-state index in [2.05, 4.69) is 37.4 Å². The van der Waals surface area contributed by atoms with E-state index in [0.29, 0.717) is 11.5 Å². The van der Waals surface area contributed by atoms with Crippen LogP contribution < -0.4 is 5.32 Å². The Kier molecular flexibility index (Phi) is 2.59. The molecule has 0 saturated heterocycles. The van der Waals surface area contributed by atoms with Crippen molar-refractivity contribution in [1.29, 1.82) is 0 Å². The lowest BCUT2D eigenvalue weighted by Gasteiger charge is -2.11. The van der Waals surface area contributed by atoms with Crippen LogP contribution in [0.1, 0.15) is 50.8 Å². The van der Waals surface area contributed by atoms with Crippen molar-refractivity contribution in [2.45, 2.75) is 51.6 Å². The minimum atomic E-state index is 0.407. The minimum absolute atomic E-state index is 0.407. The van der Waals surface area contributed by atoms with Gasteiger partial charge in [-0.25, -0.2) is 0 Å². The van der Waals surface area contributed by atoms with Crippen LogP contribution in [0.5, 0.6) is 0 Å². The maximum absolute atomic E-state index is 4.51. The van der Waals surface area contributed by atoms with Crippen molar-refractivity contribution in [3.05, 3.63) is 17.5 Å². The van der Waals surface area contributed by atoms with Crippen molar-refractivity contribution in [2.75, 3.05) is 0 Å². The van der Waals surface area contributed by atoms with Crippen LogP contribution in [0.2, 0.25) is 0 Å². The third kappa shape index (κ3) is 2.40. The molecule has 0 amide bonds. The Bertz CT molecular complexity index is 348. The molecule has 0 radical (unpaired) electrons. The lowest BCUT2D eigenvalue weighted by atomic mass is 10.1. The Morgan fingerprint density at radius 3 is 2.73 bits per heavy atom. The van der Waals surface area contributed by atoms with E-state index in [0.717, 1.165) is 6.54 Å². The molecule has 0 aliphatic heterocycles. The number of nitrogens with one attached hydrogen (secondary N) is 1. The Morgan fingerprint density at radius 1 is 1.53 bits per heavy atom. The highest BCUT2D eigenvalue weighted by atomic mass is 15.3. The fraction of sp³-hybridized carbons (Fsp3) is 0.750. The van der Waals surface area contributed by atoms with E-state index >= 15 is 0 Å². The summed E-state index contributed by atoms with van der Waals surface area (Å²) in [6.07, 6.45) is 4.75. The molecule has 1 N–H and O–H groups in total. The molecule has 1 aliphatic rings. The average Bonchev–Trinajstić information content (AvgIpc) is 2.75. The summed E-state index contributed by atoms with van der Waals surface area (Å²) in [4.78, 5) is 0. The molecule has 1 fully saturated rings. The number of aromatic nitrogens is 2. The second kappa shape index (κ2) is 3.63. The monoisotopic (exact) mass is 207 g/mol. The first-order valence-corrected chi connectivity index (χ1v) is 5.78. The van der Waals surface area contributed by atoms with Gasteiger partial charge in [-0.15, -0.1) is 0 Å². The number of hydrogen-bond acceptors (Lipinski definition) is 2. The van der Waals surface area contributed by atoms with Gasteiger partial charge < -0.3 is 5.32 Å². The molecule has 84 valence electrons. The molecule has 1 aliphatic carbocycles. The molecule has 2 rings (SSSR count). The average molecular weight is 207 g/mol. The van der Waals surface area contributed by atoms with Crippen LogP contribution in [0.15, 0.2) is 6.20 Å². The number of nitrogens with zero attached hydrogens (tertiary/aromatic N) is 2. The Labute approximate surface area is 91.9 Å². The Balaban J connectivity index is 2.05. The van der Waals surface area contributed by atoms with Crippen molar-refractivity contribution in [2.24, 2.45) is 7.05 Å². The van der Waals surface area contributed by atoms with Gasteiger partial charge in [-0.2, -0.15) is 5.10 Å². The molecule has 1 saturated carbocycles. The largest absolute Gasteiger partial charge is 0.307 e. The minimum Gasteiger partial charge on any atom is -0.307 e. The van der Waals surface area contributed by atoms with Gasteiger partial charge in [0, 0.05) is 30.9 Å². The molecule has 0 aromatic carbocycles. The van der Waals surface area contributed by atoms with Crippen LogP contribution in [0.3, 0.4) is 0 Å². The highest BCUT2D eigenvalue weighted by Gasteiger charge is 2.36. The van der Waals surface area contributed by atoms with Crippen molar-refractivity contribution in [3.63, 3.8) is 0 Å². The summed E-state index contributed by atoms with van der Waals surface area (Å²) in [6.45, 7) is 7.64. The summed E-state index contributed by atoms with van der Waals surface area (Å²) in [7, 11) is 1.99. The molecule has 3 nitrogen and oxygen atoms in total. The van der Waals surface area contributed by atoms with E-state index in [1.54, 1.807) is 0 Å². The molecular weight excluding hydrogens is 186 g/mol. The first-order valence-electron chi connectivity index (χ1n) is 5.78. The fourth-order valence-corrected chi connectivity index (χ4v) is 1.85. The Hall–Kier alpha value is -0.830. The summed E-state index contributed by atoms with van der Waals surface area (Å²) in [6, 6.07) is 0. The standard InChI is InChI=1S/C12H21N3/c1-9(2)11-10(8-15(4)14-11)7-13-12(3)5-6-12/h8-9,13H,5-7H2,1-4H3. The van der Waals surface area contributed by atoms with Gasteiger partial charge in [0.25, 0.3) is 0 Å². The van der Waals surface area contributed by atoms with Gasteiger partial charge >= 0.3 is 0 Å². The van der Waals surface area contributed by atoms with Crippen molar-refractivity contribution < 1.29 is 0 Å². The number of hydrogen-bond donors (Lipinski definition) is 1. The van der Waals surface area contributed by atoms with Gasteiger partial charge in [0.05, 0.1) is 5.69 Å². The summed E-state index contributed by atoms with van der Waals surface area (Å²) < 4.78 is 1.92. The third-order valence-electron chi connectivity index (χ3n) is 3.19. The summed E-state index contributed by atoms with van der Waals surface area (Å²) in [5.41, 5.74) is 2.99. The Morgan fingerprint density at radius 2 is 2.20 bits per heavy atom. The zero-order valence-corrected chi connectivity index (χ0v) is 10.2. The van der Waals surface area contributed by atoms with Crippen LogP contribution in [-0.4, -0.2) is 15.3 Å². The summed E-state index contributed by atoms with van der Waals surface area (Å²) in [5.74, 6) is 0.509. The summed E-state index contributed by atoms with van der Waals surface area (Å²) in [5, 5.41) is 8.11. The molecular formula is C12H21N3. The predicted molar refractivity (Wildman–Crippen MR) is 61.8 cm³/mol. The topological polar surface area (TPSA) is 29.9 Å². The predicted octanol–water partition coefficient (Wildman–Crippen LogP) is 2.19. The summed E-state index contributed by atoms with van der Waals surface area (Å²) >= 11 is 0. The van der Waals surface area contributed by atoms with Crippen LogP contribution >= 0.6 is 0 Å². The van der Waals surface area contributed by atoms with Crippen molar-refractivity contribution in [1.82, 2.24) is 15.1 Å². The van der Waals surface area contributed by atoms with E-state index < -0.39 is 0 Å². The molecule has 0 unspecified atom stereocenters. The second-order valence-electron chi connectivity index (χ2n) is 5.28. The van der Waals surface area contributed by atoms with Crippen LogP contribution in [0.25, 0.3) is 0 Å². The first kappa shape index (κ1) is 10.7. The van der Waals surface area contributed by atoms with Gasteiger partial charge in [-0.05, 0) is 25.7 Å². The molecule has 0 spiro atoms. The number of rotatable bonds is 4. The molecule has 0 bridgehead atoms. The van der Waals surface area contributed by atoms with Crippen LogP contribution in [0, 0.1) is 0 Å². The first-order chi connectivity index (χ1) is 7.00. The quantitative estimate of drug-likeness (QED) is 0.820. The van der Waals surface area contributed by atoms with E-state index in [1.165, 1.54) is 24.1 Å². The van der Waals surface area contributed by atoms with E-state index in [-0.39, 0.29) is 0 Å².